The molecule has 1 aliphatic rings. The van der Waals surface area contributed by atoms with Gasteiger partial charge in [0, 0.05) is 17.8 Å². The zero-order valence-electron chi connectivity index (χ0n) is 10.0. The lowest BCUT2D eigenvalue weighted by molar-refractivity contribution is 0.566. The molecule has 0 unspecified atom stereocenters. The normalized spacial score (nSPS) is 18.4. The van der Waals surface area contributed by atoms with Crippen molar-refractivity contribution in [2.45, 2.75) is 33.2 Å². The number of hydrogen-bond donors (Lipinski definition) is 0. The second kappa shape index (κ2) is 3.41. The van der Waals surface area contributed by atoms with Gasteiger partial charge in [0.05, 0.1) is 5.54 Å². The Bertz CT molecular complexity index is 402. The molecule has 1 aromatic carbocycles. The molecule has 0 atom stereocenters. The van der Waals surface area contributed by atoms with Gasteiger partial charge in [-0.05, 0) is 39.3 Å². The molecule has 15 heavy (non-hydrogen) atoms. The van der Waals surface area contributed by atoms with Gasteiger partial charge in [0.15, 0.2) is 0 Å². The first-order valence-corrected chi connectivity index (χ1v) is 5.63. The van der Waals surface area contributed by atoms with Crippen LogP contribution in [0.2, 0.25) is 0 Å². The standard InChI is InChI=1S/C14H19N/c1-5-15-13-9-7-6-8-12(13)11(2)10-14(15,3)4/h6-10H,5H2,1-4H3. The molecular weight excluding hydrogens is 182 g/mol. The Hall–Kier alpha value is -1.24. The van der Waals surface area contributed by atoms with E-state index >= 15 is 0 Å². The third kappa shape index (κ3) is 1.56. The molecule has 2 rings (SSSR count). The summed E-state index contributed by atoms with van der Waals surface area (Å²) in [6.45, 7) is 10.0. The number of benzene rings is 1. The van der Waals surface area contributed by atoms with Crippen LogP contribution in [0.25, 0.3) is 5.57 Å². The molecule has 1 aliphatic heterocycles. The van der Waals surface area contributed by atoms with Crippen molar-refractivity contribution in [2.24, 2.45) is 0 Å². The van der Waals surface area contributed by atoms with E-state index in [4.69, 9.17) is 0 Å². The summed E-state index contributed by atoms with van der Waals surface area (Å²) < 4.78 is 0. The van der Waals surface area contributed by atoms with Gasteiger partial charge in [0.1, 0.15) is 0 Å². The van der Waals surface area contributed by atoms with Gasteiger partial charge < -0.3 is 4.90 Å². The molecule has 0 bridgehead atoms. The van der Waals surface area contributed by atoms with E-state index < -0.39 is 0 Å². The summed E-state index contributed by atoms with van der Waals surface area (Å²) in [6.07, 6.45) is 2.36. The van der Waals surface area contributed by atoms with Crippen molar-refractivity contribution in [3.8, 4) is 0 Å². The molecule has 0 saturated carbocycles. The fourth-order valence-electron chi connectivity index (χ4n) is 2.62. The highest BCUT2D eigenvalue weighted by Crippen LogP contribution is 2.38. The summed E-state index contributed by atoms with van der Waals surface area (Å²) in [5.74, 6) is 0. The molecule has 0 amide bonds. The van der Waals surface area contributed by atoms with Gasteiger partial charge in [-0.1, -0.05) is 24.3 Å². The first-order chi connectivity index (χ1) is 7.06. The summed E-state index contributed by atoms with van der Waals surface area (Å²) in [5.41, 5.74) is 4.26. The monoisotopic (exact) mass is 201 g/mol. The predicted octanol–water partition coefficient (Wildman–Crippen LogP) is 3.71. The van der Waals surface area contributed by atoms with Crippen LogP contribution in [0.4, 0.5) is 5.69 Å². The maximum atomic E-state index is 2.45. The van der Waals surface area contributed by atoms with Gasteiger partial charge in [-0.15, -0.1) is 0 Å². The van der Waals surface area contributed by atoms with Crippen LogP contribution in [0.3, 0.4) is 0 Å². The summed E-state index contributed by atoms with van der Waals surface area (Å²) in [7, 11) is 0. The summed E-state index contributed by atoms with van der Waals surface area (Å²) in [6, 6.07) is 8.66. The average molecular weight is 201 g/mol. The number of para-hydroxylation sites is 1. The average Bonchev–Trinajstić information content (AvgIpc) is 2.17. The van der Waals surface area contributed by atoms with Crippen LogP contribution in [0.1, 0.15) is 33.3 Å². The lowest BCUT2D eigenvalue weighted by Crippen LogP contribution is -2.44. The van der Waals surface area contributed by atoms with Gasteiger partial charge in [0.2, 0.25) is 0 Å². The molecular formula is C14H19N. The number of hydrogen-bond acceptors (Lipinski definition) is 1. The molecule has 0 fully saturated rings. The second-order valence-electron chi connectivity index (χ2n) is 4.74. The minimum Gasteiger partial charge on any atom is -0.363 e. The highest BCUT2D eigenvalue weighted by molar-refractivity contribution is 5.80. The molecule has 1 heterocycles. The molecule has 80 valence electrons. The Labute approximate surface area is 92.4 Å². The van der Waals surface area contributed by atoms with E-state index in [9.17, 15) is 0 Å². The van der Waals surface area contributed by atoms with Gasteiger partial charge in [0.25, 0.3) is 0 Å². The SMILES string of the molecule is CCN1c2ccccc2C(C)=CC1(C)C. The molecule has 1 heteroatoms. The van der Waals surface area contributed by atoms with Crippen molar-refractivity contribution in [3.63, 3.8) is 0 Å². The van der Waals surface area contributed by atoms with Crippen LogP contribution in [0.15, 0.2) is 30.3 Å². The van der Waals surface area contributed by atoms with Crippen LogP contribution in [-0.4, -0.2) is 12.1 Å². The number of fused-ring (bicyclic) bond motifs is 1. The Morgan fingerprint density at radius 1 is 1.20 bits per heavy atom. The van der Waals surface area contributed by atoms with E-state index in [0.29, 0.717) is 0 Å². The predicted molar refractivity (Wildman–Crippen MR) is 67.2 cm³/mol. The van der Waals surface area contributed by atoms with Crippen molar-refractivity contribution >= 4 is 11.3 Å². The third-order valence-corrected chi connectivity index (χ3v) is 3.20. The number of likely N-dealkylation sites (N-methyl/N-ethyl adjacent to an activating group) is 1. The summed E-state index contributed by atoms with van der Waals surface area (Å²) in [5, 5.41) is 0. The topological polar surface area (TPSA) is 3.24 Å². The lowest BCUT2D eigenvalue weighted by atomic mass is 9.89. The van der Waals surface area contributed by atoms with E-state index in [1.807, 2.05) is 0 Å². The van der Waals surface area contributed by atoms with Gasteiger partial charge >= 0.3 is 0 Å². The minimum atomic E-state index is 0.132. The van der Waals surface area contributed by atoms with Crippen molar-refractivity contribution in [1.29, 1.82) is 0 Å². The number of rotatable bonds is 1. The number of anilines is 1. The first kappa shape index (κ1) is 10.3. The Morgan fingerprint density at radius 3 is 2.53 bits per heavy atom. The maximum Gasteiger partial charge on any atom is 0.0534 e. The Morgan fingerprint density at radius 2 is 1.87 bits per heavy atom. The van der Waals surface area contributed by atoms with E-state index in [2.05, 4.69) is 62.9 Å². The van der Waals surface area contributed by atoms with Crippen molar-refractivity contribution in [1.82, 2.24) is 0 Å². The van der Waals surface area contributed by atoms with Gasteiger partial charge in [-0.3, -0.25) is 0 Å². The molecule has 1 aromatic rings. The lowest BCUT2D eigenvalue weighted by Gasteiger charge is -2.42. The fourth-order valence-corrected chi connectivity index (χ4v) is 2.62. The molecule has 0 saturated heterocycles. The van der Waals surface area contributed by atoms with E-state index in [1.165, 1.54) is 16.8 Å². The van der Waals surface area contributed by atoms with Crippen LogP contribution < -0.4 is 4.90 Å². The molecule has 0 N–H and O–H groups in total. The third-order valence-electron chi connectivity index (χ3n) is 3.20. The molecule has 0 aliphatic carbocycles. The quantitative estimate of drug-likeness (QED) is 0.669. The smallest absolute Gasteiger partial charge is 0.0534 e. The zero-order chi connectivity index (χ0) is 11.1. The van der Waals surface area contributed by atoms with Crippen molar-refractivity contribution < 1.29 is 0 Å². The minimum absolute atomic E-state index is 0.132. The van der Waals surface area contributed by atoms with Crippen LogP contribution >= 0.6 is 0 Å². The first-order valence-electron chi connectivity index (χ1n) is 5.63. The zero-order valence-corrected chi connectivity index (χ0v) is 10.0. The Kier molecular flexibility index (Phi) is 2.34. The van der Waals surface area contributed by atoms with Gasteiger partial charge in [-0.2, -0.15) is 0 Å². The largest absolute Gasteiger partial charge is 0.363 e. The fraction of sp³-hybridized carbons (Fsp3) is 0.429. The molecule has 0 spiro atoms. The van der Waals surface area contributed by atoms with Crippen LogP contribution in [0, 0.1) is 0 Å². The van der Waals surface area contributed by atoms with E-state index in [1.54, 1.807) is 0 Å². The number of nitrogens with zero attached hydrogens (tertiary/aromatic N) is 1. The molecule has 1 nitrogen and oxygen atoms in total. The van der Waals surface area contributed by atoms with Gasteiger partial charge in [-0.25, -0.2) is 0 Å². The summed E-state index contributed by atoms with van der Waals surface area (Å²) >= 11 is 0. The highest BCUT2D eigenvalue weighted by atomic mass is 15.2. The van der Waals surface area contributed by atoms with Crippen molar-refractivity contribution in [2.75, 3.05) is 11.4 Å². The van der Waals surface area contributed by atoms with E-state index in [-0.39, 0.29) is 5.54 Å². The maximum absolute atomic E-state index is 2.45. The number of allylic oxidation sites excluding steroid dienone is 1. The highest BCUT2D eigenvalue weighted by Gasteiger charge is 2.29. The van der Waals surface area contributed by atoms with E-state index in [0.717, 1.165) is 6.54 Å². The summed E-state index contributed by atoms with van der Waals surface area (Å²) in [4.78, 5) is 2.45. The Balaban J connectivity index is 2.61. The van der Waals surface area contributed by atoms with Crippen LogP contribution in [0.5, 0.6) is 0 Å². The van der Waals surface area contributed by atoms with Crippen LogP contribution in [-0.2, 0) is 0 Å². The molecule has 0 aromatic heterocycles. The van der Waals surface area contributed by atoms with Crippen molar-refractivity contribution in [3.05, 3.63) is 35.9 Å². The molecule has 0 radical (unpaired) electrons. The second-order valence-corrected chi connectivity index (χ2v) is 4.74.